The molecule has 1 atom stereocenters. The van der Waals surface area contributed by atoms with Gasteiger partial charge in [0.15, 0.2) is 0 Å². The number of aliphatic hydroxyl groups is 2. The van der Waals surface area contributed by atoms with Crippen molar-refractivity contribution in [2.45, 2.75) is 32.8 Å². The Balaban J connectivity index is 3.13. The van der Waals surface area contributed by atoms with Crippen molar-refractivity contribution in [1.29, 1.82) is 0 Å². The zero-order valence-electron chi connectivity index (χ0n) is 8.08. The lowest BCUT2D eigenvalue weighted by Gasteiger charge is -2.34. The standard InChI is InChI=1S/C10H16O3/c1-10(2)4-3-9(13)7(5-11)8(10)6-12/h6,9,11,13H,3-5H2,1-2H3. The molecule has 0 aliphatic heterocycles. The van der Waals surface area contributed by atoms with Gasteiger partial charge in [0.25, 0.3) is 0 Å². The van der Waals surface area contributed by atoms with Gasteiger partial charge in [-0.1, -0.05) is 13.8 Å². The predicted molar refractivity (Wildman–Crippen MR) is 49.2 cm³/mol. The molecule has 0 saturated carbocycles. The number of allylic oxidation sites excluding steroid dienone is 1. The maximum Gasteiger partial charge on any atom is 0.146 e. The number of carbonyl (C=O) groups excluding carboxylic acids is 1. The van der Waals surface area contributed by atoms with Crippen molar-refractivity contribution in [3.8, 4) is 0 Å². The third kappa shape index (κ3) is 1.81. The SMILES string of the molecule is CC1(C)CCC(O)C(CO)=C1C=O. The van der Waals surface area contributed by atoms with Crippen molar-refractivity contribution >= 4 is 6.29 Å². The Kier molecular flexibility index (Phi) is 2.88. The first-order chi connectivity index (χ1) is 6.03. The quantitative estimate of drug-likeness (QED) is 0.620. The van der Waals surface area contributed by atoms with Gasteiger partial charge in [-0.05, 0) is 23.8 Å². The fraction of sp³-hybridized carbons (Fsp3) is 0.700. The molecule has 0 heterocycles. The average Bonchev–Trinajstić information content (AvgIpc) is 2.08. The van der Waals surface area contributed by atoms with Crippen LogP contribution in [-0.2, 0) is 4.79 Å². The smallest absolute Gasteiger partial charge is 0.146 e. The third-order valence-corrected chi connectivity index (χ3v) is 2.81. The molecule has 2 N–H and O–H groups in total. The van der Waals surface area contributed by atoms with Crippen LogP contribution < -0.4 is 0 Å². The Morgan fingerprint density at radius 2 is 2.23 bits per heavy atom. The fourth-order valence-electron chi connectivity index (χ4n) is 1.85. The molecular weight excluding hydrogens is 168 g/mol. The van der Waals surface area contributed by atoms with Crippen LogP contribution in [0.1, 0.15) is 26.7 Å². The van der Waals surface area contributed by atoms with E-state index >= 15 is 0 Å². The van der Waals surface area contributed by atoms with Gasteiger partial charge in [0.1, 0.15) is 6.29 Å². The molecule has 1 unspecified atom stereocenters. The number of aldehydes is 1. The van der Waals surface area contributed by atoms with E-state index < -0.39 is 6.10 Å². The van der Waals surface area contributed by atoms with Gasteiger partial charge in [0.05, 0.1) is 12.7 Å². The molecular formula is C10H16O3. The second-order valence-corrected chi connectivity index (χ2v) is 4.15. The van der Waals surface area contributed by atoms with Crippen molar-refractivity contribution in [2.24, 2.45) is 5.41 Å². The second-order valence-electron chi connectivity index (χ2n) is 4.15. The van der Waals surface area contributed by atoms with Crippen LogP contribution in [0.5, 0.6) is 0 Å². The highest BCUT2D eigenvalue weighted by molar-refractivity contribution is 5.77. The molecule has 0 aromatic carbocycles. The summed E-state index contributed by atoms with van der Waals surface area (Å²) in [6.07, 6.45) is 1.53. The minimum atomic E-state index is -0.641. The average molecular weight is 184 g/mol. The van der Waals surface area contributed by atoms with Crippen LogP contribution in [-0.4, -0.2) is 29.2 Å². The summed E-state index contributed by atoms with van der Waals surface area (Å²) in [5.74, 6) is 0. The summed E-state index contributed by atoms with van der Waals surface area (Å²) in [5.41, 5.74) is 0.846. The Morgan fingerprint density at radius 3 is 2.62 bits per heavy atom. The zero-order chi connectivity index (χ0) is 10.1. The largest absolute Gasteiger partial charge is 0.392 e. The van der Waals surface area contributed by atoms with Crippen LogP contribution in [0.4, 0.5) is 0 Å². The normalized spacial score (nSPS) is 27.5. The Hall–Kier alpha value is -0.670. The summed E-state index contributed by atoms with van der Waals surface area (Å²) in [4.78, 5) is 10.8. The summed E-state index contributed by atoms with van der Waals surface area (Å²) in [6, 6.07) is 0. The minimum Gasteiger partial charge on any atom is -0.392 e. The van der Waals surface area contributed by atoms with Crippen molar-refractivity contribution in [3.05, 3.63) is 11.1 Å². The van der Waals surface area contributed by atoms with Crippen molar-refractivity contribution in [2.75, 3.05) is 6.61 Å². The predicted octanol–water partition coefficient (Wildman–Crippen LogP) is 0.655. The summed E-state index contributed by atoms with van der Waals surface area (Å²) in [5, 5.41) is 18.5. The summed E-state index contributed by atoms with van der Waals surface area (Å²) >= 11 is 0. The highest BCUT2D eigenvalue weighted by atomic mass is 16.3. The molecule has 0 aromatic heterocycles. The van der Waals surface area contributed by atoms with Gasteiger partial charge < -0.3 is 10.2 Å². The molecule has 0 spiro atoms. The molecule has 3 nitrogen and oxygen atoms in total. The van der Waals surface area contributed by atoms with E-state index in [1.165, 1.54) is 0 Å². The van der Waals surface area contributed by atoms with Gasteiger partial charge in [-0.25, -0.2) is 0 Å². The van der Waals surface area contributed by atoms with Crippen LogP contribution in [0.3, 0.4) is 0 Å². The lowest BCUT2D eigenvalue weighted by molar-refractivity contribution is -0.106. The van der Waals surface area contributed by atoms with E-state index in [0.717, 1.165) is 12.7 Å². The fourth-order valence-corrected chi connectivity index (χ4v) is 1.85. The number of hydrogen-bond acceptors (Lipinski definition) is 3. The van der Waals surface area contributed by atoms with E-state index in [0.29, 0.717) is 17.6 Å². The molecule has 0 saturated heterocycles. The maximum atomic E-state index is 10.8. The topological polar surface area (TPSA) is 57.5 Å². The molecule has 0 radical (unpaired) electrons. The Morgan fingerprint density at radius 1 is 1.62 bits per heavy atom. The first kappa shape index (κ1) is 10.4. The maximum absolute atomic E-state index is 10.8. The van der Waals surface area contributed by atoms with E-state index in [1.54, 1.807) is 0 Å². The molecule has 0 bridgehead atoms. The molecule has 3 heteroatoms. The highest BCUT2D eigenvalue weighted by Gasteiger charge is 2.33. The molecule has 0 amide bonds. The van der Waals surface area contributed by atoms with Crippen LogP contribution in [0.15, 0.2) is 11.1 Å². The van der Waals surface area contributed by atoms with Crippen molar-refractivity contribution < 1.29 is 15.0 Å². The summed E-state index contributed by atoms with van der Waals surface area (Å²) in [7, 11) is 0. The first-order valence-electron chi connectivity index (χ1n) is 4.50. The van der Waals surface area contributed by atoms with Crippen molar-refractivity contribution in [3.63, 3.8) is 0 Å². The molecule has 0 fully saturated rings. The Labute approximate surface area is 78.1 Å². The van der Waals surface area contributed by atoms with Crippen LogP contribution in [0.25, 0.3) is 0 Å². The molecule has 1 rings (SSSR count). The highest BCUT2D eigenvalue weighted by Crippen LogP contribution is 2.38. The second kappa shape index (κ2) is 3.60. The lowest BCUT2D eigenvalue weighted by atomic mass is 9.72. The van der Waals surface area contributed by atoms with Crippen LogP contribution in [0, 0.1) is 5.41 Å². The number of rotatable bonds is 2. The number of aliphatic hydroxyl groups excluding tert-OH is 2. The van der Waals surface area contributed by atoms with E-state index in [1.807, 2.05) is 13.8 Å². The third-order valence-electron chi connectivity index (χ3n) is 2.81. The zero-order valence-corrected chi connectivity index (χ0v) is 8.08. The molecule has 1 aliphatic carbocycles. The van der Waals surface area contributed by atoms with Crippen LogP contribution >= 0.6 is 0 Å². The van der Waals surface area contributed by atoms with E-state index in [4.69, 9.17) is 5.11 Å². The summed E-state index contributed by atoms with van der Waals surface area (Å²) in [6.45, 7) is 3.69. The monoisotopic (exact) mass is 184 g/mol. The van der Waals surface area contributed by atoms with Gasteiger partial charge in [0, 0.05) is 5.57 Å². The molecule has 1 aliphatic rings. The van der Waals surface area contributed by atoms with E-state index in [2.05, 4.69) is 0 Å². The van der Waals surface area contributed by atoms with Gasteiger partial charge in [0.2, 0.25) is 0 Å². The number of hydrogen-bond donors (Lipinski definition) is 2. The van der Waals surface area contributed by atoms with Gasteiger partial charge in [-0.15, -0.1) is 0 Å². The molecule has 0 aromatic rings. The summed E-state index contributed by atoms with van der Waals surface area (Å²) < 4.78 is 0. The number of carbonyl (C=O) groups is 1. The van der Waals surface area contributed by atoms with Crippen molar-refractivity contribution in [1.82, 2.24) is 0 Å². The molecule has 74 valence electrons. The van der Waals surface area contributed by atoms with E-state index in [-0.39, 0.29) is 12.0 Å². The first-order valence-corrected chi connectivity index (χ1v) is 4.50. The lowest BCUT2D eigenvalue weighted by Crippen LogP contribution is -2.31. The minimum absolute atomic E-state index is 0.209. The van der Waals surface area contributed by atoms with Gasteiger partial charge in [-0.3, -0.25) is 4.79 Å². The Bertz CT molecular complexity index is 241. The van der Waals surface area contributed by atoms with Gasteiger partial charge >= 0.3 is 0 Å². The van der Waals surface area contributed by atoms with Crippen LogP contribution in [0.2, 0.25) is 0 Å². The van der Waals surface area contributed by atoms with Gasteiger partial charge in [-0.2, -0.15) is 0 Å². The van der Waals surface area contributed by atoms with E-state index in [9.17, 15) is 9.90 Å². The molecule has 13 heavy (non-hydrogen) atoms.